The van der Waals surface area contributed by atoms with E-state index in [0.717, 1.165) is 33.0 Å². The zero-order valence-electron chi connectivity index (χ0n) is 12.0. The highest BCUT2D eigenvalue weighted by atomic mass is 32.1. The van der Waals surface area contributed by atoms with E-state index in [-0.39, 0.29) is 0 Å². The quantitative estimate of drug-likeness (QED) is 0.614. The van der Waals surface area contributed by atoms with Crippen LogP contribution >= 0.6 is 11.3 Å². The van der Waals surface area contributed by atoms with Crippen LogP contribution in [-0.2, 0) is 0 Å². The molecule has 0 aliphatic carbocycles. The van der Waals surface area contributed by atoms with Crippen LogP contribution in [-0.4, -0.2) is 15.0 Å². The highest BCUT2D eigenvalue weighted by Gasteiger charge is 2.05. The smallest absolute Gasteiger partial charge is 0.181 e. The molecule has 0 bridgehead atoms. The fraction of sp³-hybridized carbons (Fsp3) is 0. The van der Waals surface area contributed by atoms with Crippen molar-refractivity contribution in [2.45, 2.75) is 0 Å². The number of nitrogens with zero attached hydrogens (tertiary/aromatic N) is 3. The van der Waals surface area contributed by atoms with Gasteiger partial charge < -0.3 is 10.5 Å². The van der Waals surface area contributed by atoms with Crippen LogP contribution in [0.3, 0.4) is 0 Å². The Morgan fingerprint density at radius 2 is 1.74 bits per heavy atom. The molecule has 0 atom stereocenters. The molecule has 3 heterocycles. The minimum absolute atomic E-state index is 0.557. The van der Waals surface area contributed by atoms with Crippen molar-refractivity contribution >= 4 is 26.7 Å². The highest BCUT2D eigenvalue weighted by Crippen LogP contribution is 2.30. The highest BCUT2D eigenvalue weighted by molar-refractivity contribution is 7.22. The predicted octanol–water partition coefficient (Wildman–Crippen LogP) is 4.13. The van der Waals surface area contributed by atoms with Crippen LogP contribution in [0.4, 0.5) is 5.13 Å². The molecule has 0 aliphatic rings. The number of hydrogen-bond acceptors (Lipinski definition) is 6. The molecule has 0 unspecified atom stereocenters. The van der Waals surface area contributed by atoms with Gasteiger partial charge in [0.05, 0.1) is 15.9 Å². The molecule has 5 nitrogen and oxygen atoms in total. The molecule has 1 aromatic carbocycles. The minimum atomic E-state index is 0.557. The molecule has 3 aromatic heterocycles. The van der Waals surface area contributed by atoms with E-state index in [2.05, 4.69) is 15.0 Å². The summed E-state index contributed by atoms with van der Waals surface area (Å²) in [5.74, 6) is 1.47. The second-order valence-corrected chi connectivity index (χ2v) is 5.96. The Morgan fingerprint density at radius 1 is 0.913 bits per heavy atom. The Bertz CT molecular complexity index is 969. The van der Waals surface area contributed by atoms with Crippen LogP contribution in [0.15, 0.2) is 61.1 Å². The molecule has 0 saturated carbocycles. The molecule has 0 spiro atoms. The molecule has 0 radical (unpaired) electrons. The molecular weight excluding hydrogens is 308 g/mol. The summed E-state index contributed by atoms with van der Waals surface area (Å²) in [6.07, 6.45) is 5.22. The lowest BCUT2D eigenvalue weighted by atomic mass is 10.2. The van der Waals surface area contributed by atoms with E-state index in [0.29, 0.717) is 5.13 Å². The molecule has 0 amide bonds. The topological polar surface area (TPSA) is 73.9 Å². The fourth-order valence-electron chi connectivity index (χ4n) is 2.28. The van der Waals surface area contributed by atoms with Gasteiger partial charge in [0.25, 0.3) is 0 Å². The summed E-state index contributed by atoms with van der Waals surface area (Å²) in [6, 6.07) is 13.3. The first-order valence-electron chi connectivity index (χ1n) is 6.98. The maximum atomic E-state index is 5.94. The SMILES string of the molecule is Nc1nc2ccc(Oc3ccnc(-c4ccncc4)c3)cc2s1. The van der Waals surface area contributed by atoms with Crippen molar-refractivity contribution in [1.82, 2.24) is 15.0 Å². The van der Waals surface area contributed by atoms with Gasteiger partial charge >= 0.3 is 0 Å². The van der Waals surface area contributed by atoms with E-state index in [4.69, 9.17) is 10.5 Å². The molecular formula is C17H12N4OS. The van der Waals surface area contributed by atoms with Gasteiger partial charge in [0.2, 0.25) is 0 Å². The van der Waals surface area contributed by atoms with E-state index >= 15 is 0 Å². The number of ether oxygens (including phenoxy) is 1. The Hall–Kier alpha value is -2.99. The van der Waals surface area contributed by atoms with Gasteiger partial charge in [-0.05, 0) is 30.3 Å². The first-order chi connectivity index (χ1) is 11.3. The lowest BCUT2D eigenvalue weighted by molar-refractivity contribution is 0.483. The van der Waals surface area contributed by atoms with Crippen molar-refractivity contribution < 1.29 is 4.74 Å². The third-order valence-electron chi connectivity index (χ3n) is 3.32. The van der Waals surface area contributed by atoms with Gasteiger partial charge in [-0.2, -0.15) is 0 Å². The van der Waals surface area contributed by atoms with Gasteiger partial charge in [-0.15, -0.1) is 0 Å². The molecule has 0 fully saturated rings. The van der Waals surface area contributed by atoms with E-state index in [1.807, 2.05) is 42.5 Å². The van der Waals surface area contributed by atoms with Crippen LogP contribution in [0.25, 0.3) is 21.5 Å². The van der Waals surface area contributed by atoms with E-state index in [1.54, 1.807) is 18.6 Å². The van der Waals surface area contributed by atoms with Gasteiger partial charge in [0, 0.05) is 36.3 Å². The van der Waals surface area contributed by atoms with E-state index < -0.39 is 0 Å². The maximum absolute atomic E-state index is 5.94. The normalized spacial score (nSPS) is 10.8. The lowest BCUT2D eigenvalue weighted by Crippen LogP contribution is -1.88. The number of pyridine rings is 2. The summed E-state index contributed by atoms with van der Waals surface area (Å²) in [4.78, 5) is 12.6. The number of hydrogen-bond donors (Lipinski definition) is 1. The van der Waals surface area contributed by atoms with E-state index in [9.17, 15) is 0 Å². The van der Waals surface area contributed by atoms with Gasteiger partial charge in [0.1, 0.15) is 11.5 Å². The van der Waals surface area contributed by atoms with Crippen LogP contribution < -0.4 is 10.5 Å². The lowest BCUT2D eigenvalue weighted by Gasteiger charge is -2.07. The third kappa shape index (κ3) is 2.84. The van der Waals surface area contributed by atoms with Crippen molar-refractivity contribution in [3.8, 4) is 22.8 Å². The zero-order chi connectivity index (χ0) is 15.6. The van der Waals surface area contributed by atoms with Crippen LogP contribution in [0.2, 0.25) is 0 Å². The summed E-state index contributed by atoms with van der Waals surface area (Å²) in [6.45, 7) is 0. The van der Waals surface area contributed by atoms with Crippen molar-refractivity contribution in [3.05, 3.63) is 61.1 Å². The first-order valence-corrected chi connectivity index (χ1v) is 7.80. The third-order valence-corrected chi connectivity index (χ3v) is 4.17. The predicted molar refractivity (Wildman–Crippen MR) is 91.6 cm³/mol. The average molecular weight is 320 g/mol. The number of thiazole rings is 1. The van der Waals surface area contributed by atoms with Crippen LogP contribution in [0, 0.1) is 0 Å². The summed E-state index contributed by atoms with van der Waals surface area (Å²) in [5, 5.41) is 0.557. The fourth-order valence-corrected chi connectivity index (χ4v) is 3.04. The van der Waals surface area contributed by atoms with E-state index in [1.165, 1.54) is 11.3 Å². The minimum Gasteiger partial charge on any atom is -0.457 e. The number of fused-ring (bicyclic) bond motifs is 1. The number of anilines is 1. The Labute approximate surface area is 136 Å². The van der Waals surface area contributed by atoms with Crippen molar-refractivity contribution in [2.75, 3.05) is 5.73 Å². The molecule has 4 rings (SSSR count). The average Bonchev–Trinajstić information content (AvgIpc) is 2.95. The van der Waals surface area contributed by atoms with Crippen LogP contribution in [0.5, 0.6) is 11.5 Å². The number of rotatable bonds is 3. The van der Waals surface area contributed by atoms with Gasteiger partial charge in [-0.25, -0.2) is 4.98 Å². The van der Waals surface area contributed by atoms with Gasteiger partial charge in [-0.3, -0.25) is 9.97 Å². The number of nitrogens with two attached hydrogens (primary N) is 1. The molecule has 112 valence electrons. The molecule has 0 aliphatic heterocycles. The summed E-state index contributed by atoms with van der Waals surface area (Å²) in [5.41, 5.74) is 8.45. The summed E-state index contributed by atoms with van der Waals surface area (Å²) in [7, 11) is 0. The van der Waals surface area contributed by atoms with Crippen molar-refractivity contribution in [1.29, 1.82) is 0 Å². The maximum Gasteiger partial charge on any atom is 0.181 e. The summed E-state index contributed by atoms with van der Waals surface area (Å²) >= 11 is 1.44. The summed E-state index contributed by atoms with van der Waals surface area (Å²) < 4.78 is 6.94. The number of nitrogen functional groups attached to an aromatic ring is 1. The van der Waals surface area contributed by atoms with Crippen LogP contribution in [0.1, 0.15) is 0 Å². The number of aromatic nitrogens is 3. The Balaban J connectivity index is 1.65. The van der Waals surface area contributed by atoms with Gasteiger partial charge in [-0.1, -0.05) is 11.3 Å². The number of benzene rings is 1. The monoisotopic (exact) mass is 320 g/mol. The molecule has 0 saturated heterocycles. The second-order valence-electron chi connectivity index (χ2n) is 4.90. The second kappa shape index (κ2) is 5.66. The zero-order valence-corrected chi connectivity index (χ0v) is 12.8. The largest absolute Gasteiger partial charge is 0.457 e. The molecule has 6 heteroatoms. The Morgan fingerprint density at radius 3 is 2.61 bits per heavy atom. The molecule has 2 N–H and O–H groups in total. The van der Waals surface area contributed by atoms with Gasteiger partial charge in [0.15, 0.2) is 5.13 Å². The van der Waals surface area contributed by atoms with Crippen molar-refractivity contribution in [2.24, 2.45) is 0 Å². The molecule has 23 heavy (non-hydrogen) atoms. The Kier molecular flexibility index (Phi) is 3.36. The standard InChI is InChI=1S/C17H12N4OS/c18-17-21-14-2-1-12(10-16(14)23-17)22-13-5-8-20-15(9-13)11-3-6-19-7-4-11/h1-10H,(H2,18,21). The van der Waals surface area contributed by atoms with Crippen molar-refractivity contribution in [3.63, 3.8) is 0 Å². The molecule has 4 aromatic rings. The first kappa shape index (κ1) is 13.7.